The first-order valence-corrected chi connectivity index (χ1v) is 8.21. The number of amides is 1. The van der Waals surface area contributed by atoms with Crippen molar-refractivity contribution < 1.29 is 9.90 Å². The number of phenolic OH excluding ortho intramolecular Hbond substituents is 1. The van der Waals surface area contributed by atoms with E-state index in [9.17, 15) is 9.90 Å². The average molecular weight is 332 g/mol. The summed E-state index contributed by atoms with van der Waals surface area (Å²) in [5.74, 6) is -0.345. The van der Waals surface area contributed by atoms with Gasteiger partial charge in [-0.3, -0.25) is 4.79 Å². The Morgan fingerprint density at radius 2 is 1.56 bits per heavy atom. The first-order valence-electron chi connectivity index (χ1n) is 8.21. The lowest BCUT2D eigenvalue weighted by molar-refractivity contribution is 0.0952. The Kier molecular flexibility index (Phi) is 4.80. The molecule has 4 heteroatoms. The molecule has 0 unspecified atom stereocenters. The minimum absolute atomic E-state index is 0.0581. The average Bonchev–Trinajstić information content (AvgIpc) is 2.61. The standard InChI is InChI=1S/C21H20N2O2/c1-14(2)20(15-8-4-3-5-9-15)22-23-21(25)18-12-16-10-6-7-11-17(16)13-19(18)24/h3-14,24H,1-2H3,(H,23,25)/b22-20+. The molecule has 126 valence electrons. The number of hydrazone groups is 1. The maximum absolute atomic E-state index is 12.5. The third-order valence-electron chi connectivity index (χ3n) is 4.00. The summed E-state index contributed by atoms with van der Waals surface area (Å²) in [5.41, 5.74) is 4.53. The van der Waals surface area contributed by atoms with Crippen molar-refractivity contribution in [2.75, 3.05) is 0 Å². The maximum Gasteiger partial charge on any atom is 0.275 e. The van der Waals surface area contributed by atoms with Gasteiger partial charge in [0.25, 0.3) is 5.91 Å². The van der Waals surface area contributed by atoms with Gasteiger partial charge in [0.1, 0.15) is 5.75 Å². The monoisotopic (exact) mass is 332 g/mol. The number of hydrogen-bond acceptors (Lipinski definition) is 3. The molecular weight excluding hydrogens is 312 g/mol. The van der Waals surface area contributed by atoms with Gasteiger partial charge in [-0.05, 0) is 34.4 Å². The van der Waals surface area contributed by atoms with E-state index in [4.69, 9.17) is 0 Å². The molecule has 4 nitrogen and oxygen atoms in total. The van der Waals surface area contributed by atoms with E-state index in [1.807, 2.05) is 68.4 Å². The van der Waals surface area contributed by atoms with E-state index in [2.05, 4.69) is 10.5 Å². The summed E-state index contributed by atoms with van der Waals surface area (Å²) in [6.45, 7) is 4.04. The van der Waals surface area contributed by atoms with Crippen molar-refractivity contribution in [3.63, 3.8) is 0 Å². The summed E-state index contributed by atoms with van der Waals surface area (Å²) < 4.78 is 0. The summed E-state index contributed by atoms with van der Waals surface area (Å²) in [6.07, 6.45) is 0. The lowest BCUT2D eigenvalue weighted by Crippen LogP contribution is -2.22. The van der Waals surface area contributed by atoms with E-state index in [0.717, 1.165) is 22.0 Å². The molecule has 0 heterocycles. The molecule has 0 bridgehead atoms. The van der Waals surface area contributed by atoms with E-state index in [-0.39, 0.29) is 17.2 Å². The molecule has 0 fully saturated rings. The molecule has 1 amide bonds. The van der Waals surface area contributed by atoms with Crippen molar-refractivity contribution in [3.05, 3.63) is 77.9 Å². The zero-order valence-corrected chi connectivity index (χ0v) is 14.2. The van der Waals surface area contributed by atoms with Crippen LogP contribution in [0, 0.1) is 5.92 Å². The second kappa shape index (κ2) is 7.18. The van der Waals surface area contributed by atoms with E-state index >= 15 is 0 Å². The Morgan fingerprint density at radius 1 is 0.960 bits per heavy atom. The van der Waals surface area contributed by atoms with Crippen LogP contribution in [0.15, 0.2) is 71.8 Å². The van der Waals surface area contributed by atoms with Crippen LogP contribution in [0.1, 0.15) is 29.8 Å². The highest BCUT2D eigenvalue weighted by Crippen LogP contribution is 2.24. The Bertz CT molecular complexity index is 931. The van der Waals surface area contributed by atoms with E-state index < -0.39 is 5.91 Å². The van der Waals surface area contributed by atoms with Crippen LogP contribution >= 0.6 is 0 Å². The highest BCUT2D eigenvalue weighted by atomic mass is 16.3. The van der Waals surface area contributed by atoms with Gasteiger partial charge in [0.05, 0.1) is 11.3 Å². The molecule has 25 heavy (non-hydrogen) atoms. The molecule has 0 saturated heterocycles. The van der Waals surface area contributed by atoms with Crippen molar-refractivity contribution in [1.82, 2.24) is 5.43 Å². The molecule has 0 aliphatic rings. The fourth-order valence-electron chi connectivity index (χ4n) is 2.72. The SMILES string of the molecule is CC(C)/C(=N\NC(=O)c1cc2ccccc2cc1O)c1ccccc1. The van der Waals surface area contributed by atoms with E-state index in [0.29, 0.717) is 0 Å². The maximum atomic E-state index is 12.5. The van der Waals surface area contributed by atoms with Crippen LogP contribution in [0.4, 0.5) is 0 Å². The smallest absolute Gasteiger partial charge is 0.275 e. The number of nitrogens with zero attached hydrogens (tertiary/aromatic N) is 1. The molecule has 0 atom stereocenters. The zero-order valence-electron chi connectivity index (χ0n) is 14.2. The van der Waals surface area contributed by atoms with Crippen LogP contribution in [0.3, 0.4) is 0 Å². The number of carbonyl (C=O) groups excluding carboxylic acids is 1. The second-order valence-electron chi connectivity index (χ2n) is 6.18. The predicted molar refractivity (Wildman–Crippen MR) is 101 cm³/mol. The lowest BCUT2D eigenvalue weighted by atomic mass is 10.0. The van der Waals surface area contributed by atoms with Gasteiger partial charge in [-0.2, -0.15) is 5.10 Å². The quantitative estimate of drug-likeness (QED) is 0.551. The van der Waals surface area contributed by atoms with Crippen molar-refractivity contribution in [2.45, 2.75) is 13.8 Å². The minimum atomic E-state index is -0.433. The molecule has 0 saturated carbocycles. The first kappa shape index (κ1) is 16.7. The van der Waals surface area contributed by atoms with Gasteiger partial charge < -0.3 is 5.11 Å². The predicted octanol–water partition coefficient (Wildman–Crippen LogP) is 4.34. The minimum Gasteiger partial charge on any atom is -0.507 e. The fourth-order valence-corrected chi connectivity index (χ4v) is 2.72. The van der Waals surface area contributed by atoms with E-state index in [1.54, 1.807) is 12.1 Å². The van der Waals surface area contributed by atoms with Crippen molar-refractivity contribution in [1.29, 1.82) is 0 Å². The van der Waals surface area contributed by atoms with Crippen LogP contribution in [0.2, 0.25) is 0 Å². The number of carbonyl (C=O) groups is 1. The lowest BCUT2D eigenvalue weighted by Gasteiger charge is -2.11. The topological polar surface area (TPSA) is 61.7 Å². The van der Waals surface area contributed by atoms with Crippen LogP contribution in [0.25, 0.3) is 10.8 Å². The third-order valence-corrected chi connectivity index (χ3v) is 4.00. The van der Waals surface area contributed by atoms with Crippen LogP contribution < -0.4 is 5.43 Å². The number of aromatic hydroxyl groups is 1. The highest BCUT2D eigenvalue weighted by molar-refractivity contribution is 6.05. The molecule has 2 N–H and O–H groups in total. The van der Waals surface area contributed by atoms with Crippen LogP contribution in [0.5, 0.6) is 5.75 Å². The number of hydrogen-bond donors (Lipinski definition) is 2. The summed E-state index contributed by atoms with van der Waals surface area (Å²) in [4.78, 5) is 12.5. The van der Waals surface area contributed by atoms with Gasteiger partial charge in [-0.25, -0.2) is 5.43 Å². The summed E-state index contributed by atoms with van der Waals surface area (Å²) in [5, 5.41) is 16.2. The van der Waals surface area contributed by atoms with E-state index in [1.165, 1.54) is 0 Å². The van der Waals surface area contributed by atoms with Crippen LogP contribution in [-0.2, 0) is 0 Å². The van der Waals surface area contributed by atoms with Gasteiger partial charge in [-0.15, -0.1) is 0 Å². The number of nitrogens with one attached hydrogen (secondary N) is 1. The van der Waals surface area contributed by atoms with Crippen LogP contribution in [-0.4, -0.2) is 16.7 Å². The summed E-state index contributed by atoms with van der Waals surface area (Å²) in [6, 6.07) is 20.6. The molecule has 0 aliphatic heterocycles. The zero-order chi connectivity index (χ0) is 17.8. The summed E-state index contributed by atoms with van der Waals surface area (Å²) in [7, 11) is 0. The number of phenols is 1. The Hall–Kier alpha value is -3.14. The van der Waals surface area contributed by atoms with Gasteiger partial charge in [0.2, 0.25) is 0 Å². The molecule has 0 aliphatic carbocycles. The van der Waals surface area contributed by atoms with Gasteiger partial charge in [0.15, 0.2) is 0 Å². The fraction of sp³-hybridized carbons (Fsp3) is 0.143. The van der Waals surface area contributed by atoms with Gasteiger partial charge >= 0.3 is 0 Å². The Morgan fingerprint density at radius 3 is 2.20 bits per heavy atom. The Labute approximate surface area is 146 Å². The molecule has 0 spiro atoms. The molecule has 0 radical (unpaired) electrons. The molecule has 3 rings (SSSR count). The van der Waals surface area contributed by atoms with Crippen molar-refractivity contribution >= 4 is 22.4 Å². The molecular formula is C21H20N2O2. The number of benzene rings is 3. The number of fused-ring (bicyclic) bond motifs is 1. The van der Waals surface area contributed by atoms with Crippen molar-refractivity contribution in [2.24, 2.45) is 11.0 Å². The van der Waals surface area contributed by atoms with Crippen molar-refractivity contribution in [3.8, 4) is 5.75 Å². The normalized spacial score (nSPS) is 11.7. The molecule has 0 aromatic heterocycles. The number of rotatable bonds is 4. The Balaban J connectivity index is 1.90. The highest BCUT2D eigenvalue weighted by Gasteiger charge is 2.14. The third kappa shape index (κ3) is 3.69. The largest absolute Gasteiger partial charge is 0.507 e. The summed E-state index contributed by atoms with van der Waals surface area (Å²) >= 11 is 0. The first-order chi connectivity index (χ1) is 12.1. The van der Waals surface area contributed by atoms with Gasteiger partial charge in [0, 0.05) is 0 Å². The molecule has 3 aromatic rings. The van der Waals surface area contributed by atoms with Gasteiger partial charge in [-0.1, -0.05) is 68.4 Å². The second-order valence-corrected chi connectivity index (χ2v) is 6.18. The molecule has 3 aromatic carbocycles.